The number of amides is 1. The van der Waals surface area contributed by atoms with Crippen molar-refractivity contribution >= 4 is 21.6 Å². The number of anilines is 1. The second-order valence-electron chi connectivity index (χ2n) is 6.35. The molecule has 0 aromatic heterocycles. The molecule has 6 heteroatoms. The highest BCUT2D eigenvalue weighted by Crippen LogP contribution is 2.28. The number of benzene rings is 1. The minimum absolute atomic E-state index is 0.0423. The Morgan fingerprint density at radius 3 is 2.50 bits per heavy atom. The van der Waals surface area contributed by atoms with Crippen molar-refractivity contribution in [2.75, 3.05) is 18.4 Å². The van der Waals surface area contributed by atoms with Gasteiger partial charge in [0.25, 0.3) is 0 Å². The van der Waals surface area contributed by atoms with Gasteiger partial charge in [-0.25, -0.2) is 8.42 Å². The van der Waals surface area contributed by atoms with Crippen molar-refractivity contribution in [3.05, 3.63) is 24.3 Å². The normalized spacial score (nSPS) is 15.8. The van der Waals surface area contributed by atoms with Gasteiger partial charge < -0.3 is 5.32 Å². The van der Waals surface area contributed by atoms with Crippen LogP contribution < -0.4 is 5.32 Å². The summed E-state index contributed by atoms with van der Waals surface area (Å²) in [5.74, 6) is 0.629. The van der Waals surface area contributed by atoms with Gasteiger partial charge in [-0.2, -0.15) is 4.31 Å². The van der Waals surface area contributed by atoms with E-state index in [0.29, 0.717) is 31.1 Å². The fraction of sp³-hybridized carbons (Fsp3) is 0.611. The molecular weight excluding hydrogens is 324 g/mol. The minimum Gasteiger partial charge on any atom is -0.326 e. The molecule has 1 aromatic rings. The first-order chi connectivity index (χ1) is 11.5. The highest BCUT2D eigenvalue weighted by atomic mass is 32.2. The summed E-state index contributed by atoms with van der Waals surface area (Å²) in [7, 11) is -3.50. The number of nitrogens with zero attached hydrogens (tertiary/aromatic N) is 1. The van der Waals surface area contributed by atoms with Gasteiger partial charge in [-0.05, 0) is 30.5 Å². The highest BCUT2D eigenvalue weighted by molar-refractivity contribution is 7.89. The molecule has 5 nitrogen and oxygen atoms in total. The van der Waals surface area contributed by atoms with Crippen LogP contribution in [0.5, 0.6) is 0 Å². The Labute approximate surface area is 145 Å². The first-order valence-corrected chi connectivity index (χ1v) is 10.3. The van der Waals surface area contributed by atoms with E-state index >= 15 is 0 Å². The van der Waals surface area contributed by atoms with Gasteiger partial charge in [-0.15, -0.1) is 0 Å². The number of sulfonamides is 1. The zero-order valence-corrected chi connectivity index (χ0v) is 15.4. The Morgan fingerprint density at radius 2 is 1.88 bits per heavy atom. The molecule has 2 rings (SSSR count). The molecule has 1 saturated carbocycles. The van der Waals surface area contributed by atoms with E-state index in [2.05, 4.69) is 5.32 Å². The second kappa shape index (κ2) is 8.62. The maximum atomic E-state index is 12.5. The molecule has 1 N–H and O–H groups in total. The number of rotatable bonds is 8. The Hall–Kier alpha value is -1.40. The Balaban J connectivity index is 2.00. The maximum Gasteiger partial charge on any atom is 0.243 e. The van der Waals surface area contributed by atoms with E-state index in [1.807, 2.05) is 13.8 Å². The summed E-state index contributed by atoms with van der Waals surface area (Å²) >= 11 is 0. The van der Waals surface area contributed by atoms with Gasteiger partial charge in [0.2, 0.25) is 15.9 Å². The Kier molecular flexibility index (Phi) is 6.80. The third-order valence-corrected chi connectivity index (χ3v) is 6.76. The molecule has 134 valence electrons. The number of nitrogens with one attached hydrogen (secondary N) is 1. The van der Waals surface area contributed by atoms with Gasteiger partial charge in [-0.1, -0.05) is 45.6 Å². The summed E-state index contributed by atoms with van der Waals surface area (Å²) in [6.07, 6.45) is 6.42. The van der Waals surface area contributed by atoms with Gasteiger partial charge in [0.1, 0.15) is 0 Å². The van der Waals surface area contributed by atoms with Crippen LogP contribution in [-0.4, -0.2) is 31.7 Å². The van der Waals surface area contributed by atoms with Crippen LogP contribution in [0.4, 0.5) is 5.69 Å². The first-order valence-electron chi connectivity index (χ1n) is 8.87. The van der Waals surface area contributed by atoms with E-state index in [0.717, 1.165) is 6.42 Å². The van der Waals surface area contributed by atoms with Crippen molar-refractivity contribution < 1.29 is 13.2 Å². The summed E-state index contributed by atoms with van der Waals surface area (Å²) in [5.41, 5.74) is 0.541. The molecule has 0 unspecified atom stereocenters. The molecule has 1 aliphatic carbocycles. The van der Waals surface area contributed by atoms with E-state index in [4.69, 9.17) is 0 Å². The van der Waals surface area contributed by atoms with Gasteiger partial charge in [0.05, 0.1) is 4.90 Å². The molecule has 24 heavy (non-hydrogen) atoms. The van der Waals surface area contributed by atoms with Crippen molar-refractivity contribution in [2.45, 2.75) is 57.3 Å². The molecular formula is C18H28N2O3S. The van der Waals surface area contributed by atoms with Crippen molar-refractivity contribution in [1.29, 1.82) is 0 Å². The summed E-state index contributed by atoms with van der Waals surface area (Å²) in [6.45, 7) is 4.49. The number of carbonyl (C=O) groups excluding carboxylic acids is 1. The van der Waals surface area contributed by atoms with Crippen LogP contribution in [0.25, 0.3) is 0 Å². The van der Waals surface area contributed by atoms with Crippen molar-refractivity contribution in [3.63, 3.8) is 0 Å². The third kappa shape index (κ3) is 4.80. The number of hydrogen-bond donors (Lipinski definition) is 1. The standard InChI is InChI=1S/C18H28N2O3S/c1-3-20(4-2)24(22,23)17-11-7-10-16(14-17)19-18(21)13-12-15-8-5-6-9-15/h7,10-11,14-15H,3-6,8-9,12-13H2,1-2H3,(H,19,21). The molecule has 0 aliphatic heterocycles. The zero-order valence-electron chi connectivity index (χ0n) is 14.6. The van der Waals surface area contributed by atoms with Gasteiger partial charge in [0, 0.05) is 25.2 Å². The lowest BCUT2D eigenvalue weighted by molar-refractivity contribution is -0.116. The van der Waals surface area contributed by atoms with E-state index in [1.54, 1.807) is 24.3 Å². The monoisotopic (exact) mass is 352 g/mol. The Bertz CT molecular complexity index is 648. The van der Waals surface area contributed by atoms with Crippen molar-refractivity contribution in [2.24, 2.45) is 5.92 Å². The molecule has 0 spiro atoms. The average Bonchev–Trinajstić information content (AvgIpc) is 3.07. The predicted octanol–water partition coefficient (Wildman–Crippen LogP) is 3.63. The average molecular weight is 353 g/mol. The Morgan fingerprint density at radius 1 is 1.21 bits per heavy atom. The molecule has 0 saturated heterocycles. The highest BCUT2D eigenvalue weighted by Gasteiger charge is 2.22. The molecule has 0 atom stereocenters. The molecule has 1 fully saturated rings. The quantitative estimate of drug-likeness (QED) is 0.777. The fourth-order valence-corrected chi connectivity index (χ4v) is 4.81. The summed E-state index contributed by atoms with van der Waals surface area (Å²) in [6, 6.07) is 6.51. The van der Waals surface area contributed by atoms with Crippen molar-refractivity contribution in [3.8, 4) is 0 Å². The summed E-state index contributed by atoms with van der Waals surface area (Å²) in [4.78, 5) is 12.3. The van der Waals surface area contributed by atoms with E-state index < -0.39 is 10.0 Å². The summed E-state index contributed by atoms with van der Waals surface area (Å²) in [5, 5.41) is 2.83. The van der Waals surface area contributed by atoms with Crippen LogP contribution in [-0.2, 0) is 14.8 Å². The SMILES string of the molecule is CCN(CC)S(=O)(=O)c1cccc(NC(=O)CCC2CCCC2)c1. The van der Waals surface area contributed by atoms with Crippen LogP contribution in [0.3, 0.4) is 0 Å². The number of carbonyl (C=O) groups is 1. The van der Waals surface area contributed by atoms with Crippen LogP contribution in [0, 0.1) is 5.92 Å². The lowest BCUT2D eigenvalue weighted by Gasteiger charge is -2.19. The van der Waals surface area contributed by atoms with E-state index in [1.165, 1.54) is 30.0 Å². The van der Waals surface area contributed by atoms with Crippen LogP contribution >= 0.6 is 0 Å². The van der Waals surface area contributed by atoms with Crippen LogP contribution in [0.2, 0.25) is 0 Å². The van der Waals surface area contributed by atoms with E-state index in [9.17, 15) is 13.2 Å². The van der Waals surface area contributed by atoms with Crippen LogP contribution in [0.1, 0.15) is 52.4 Å². The minimum atomic E-state index is -3.50. The maximum absolute atomic E-state index is 12.5. The molecule has 0 radical (unpaired) electrons. The lowest BCUT2D eigenvalue weighted by Crippen LogP contribution is -2.30. The fourth-order valence-electron chi connectivity index (χ4n) is 3.30. The first kappa shape index (κ1) is 18.9. The van der Waals surface area contributed by atoms with Gasteiger partial charge in [-0.3, -0.25) is 4.79 Å². The molecule has 1 aliphatic rings. The van der Waals surface area contributed by atoms with Crippen molar-refractivity contribution in [1.82, 2.24) is 4.31 Å². The summed E-state index contributed by atoms with van der Waals surface area (Å²) < 4.78 is 26.5. The molecule has 0 heterocycles. The number of hydrogen-bond acceptors (Lipinski definition) is 3. The van der Waals surface area contributed by atoms with Gasteiger partial charge in [0.15, 0.2) is 0 Å². The molecule has 1 aromatic carbocycles. The second-order valence-corrected chi connectivity index (χ2v) is 8.29. The predicted molar refractivity (Wildman–Crippen MR) is 96.4 cm³/mol. The van der Waals surface area contributed by atoms with Gasteiger partial charge >= 0.3 is 0 Å². The molecule has 0 bridgehead atoms. The zero-order chi connectivity index (χ0) is 17.6. The smallest absolute Gasteiger partial charge is 0.243 e. The van der Waals surface area contributed by atoms with E-state index in [-0.39, 0.29) is 10.8 Å². The lowest BCUT2D eigenvalue weighted by atomic mass is 10.0. The third-order valence-electron chi connectivity index (χ3n) is 4.72. The molecule has 1 amide bonds. The van der Waals surface area contributed by atoms with Crippen LogP contribution in [0.15, 0.2) is 29.2 Å². The largest absolute Gasteiger partial charge is 0.326 e. The topological polar surface area (TPSA) is 66.5 Å².